The number of ether oxygens (including phenoxy) is 1. The Bertz CT molecular complexity index is 1130. The molecule has 0 fully saturated rings. The fourth-order valence-electron chi connectivity index (χ4n) is 3.47. The number of primary amides is 1. The molecule has 174 valence electrons. The third-order valence-corrected chi connectivity index (χ3v) is 5.06. The average molecular weight is 462 g/mol. The number of amides is 3. The number of nitrogens with zero attached hydrogens (tertiary/aromatic N) is 2. The van der Waals surface area contributed by atoms with Gasteiger partial charge in [-0.3, -0.25) is 19.3 Å². The van der Waals surface area contributed by atoms with Gasteiger partial charge in [0.2, 0.25) is 17.7 Å². The first-order valence-electron chi connectivity index (χ1n) is 9.83. The van der Waals surface area contributed by atoms with Crippen molar-refractivity contribution in [1.82, 2.24) is 5.43 Å². The highest BCUT2D eigenvalue weighted by molar-refractivity contribution is 6.22. The summed E-state index contributed by atoms with van der Waals surface area (Å²) in [5.74, 6) is -2.38. The van der Waals surface area contributed by atoms with E-state index >= 15 is 0 Å². The molecule has 11 heteroatoms. The molecule has 0 radical (unpaired) electrons. The molecular formula is C22H21F3N4O4. The first-order valence-corrected chi connectivity index (χ1v) is 9.83. The Balaban J connectivity index is 2.01. The maximum atomic E-state index is 13.4. The van der Waals surface area contributed by atoms with Crippen LogP contribution in [-0.4, -0.2) is 30.5 Å². The van der Waals surface area contributed by atoms with Gasteiger partial charge in [-0.2, -0.15) is 18.3 Å². The van der Waals surface area contributed by atoms with Crippen LogP contribution in [0.1, 0.15) is 36.8 Å². The van der Waals surface area contributed by atoms with Gasteiger partial charge < -0.3 is 10.5 Å². The van der Waals surface area contributed by atoms with Gasteiger partial charge >= 0.3 is 6.18 Å². The Labute approximate surface area is 187 Å². The number of alkyl halides is 3. The van der Waals surface area contributed by atoms with Gasteiger partial charge in [0.1, 0.15) is 11.7 Å². The van der Waals surface area contributed by atoms with Gasteiger partial charge in [0, 0.05) is 18.9 Å². The van der Waals surface area contributed by atoms with E-state index in [1.807, 2.05) is 0 Å². The molecule has 1 atom stereocenters. The summed E-state index contributed by atoms with van der Waals surface area (Å²) < 4.78 is 45.3. The first-order chi connectivity index (χ1) is 15.5. The molecule has 2 aromatic carbocycles. The van der Waals surface area contributed by atoms with E-state index < -0.39 is 35.4 Å². The van der Waals surface area contributed by atoms with Crippen molar-refractivity contribution in [3.05, 3.63) is 53.6 Å². The maximum absolute atomic E-state index is 13.4. The van der Waals surface area contributed by atoms with E-state index in [4.69, 9.17) is 10.5 Å². The number of rotatable bonds is 7. The van der Waals surface area contributed by atoms with Crippen LogP contribution in [0.2, 0.25) is 0 Å². The van der Waals surface area contributed by atoms with E-state index in [0.29, 0.717) is 17.0 Å². The van der Waals surface area contributed by atoms with E-state index in [1.54, 1.807) is 18.2 Å². The molecule has 1 heterocycles. The van der Waals surface area contributed by atoms with E-state index in [-0.39, 0.29) is 24.2 Å². The summed E-state index contributed by atoms with van der Waals surface area (Å²) in [6.45, 7) is 1.48. The number of benzene rings is 2. The number of carbonyl (C=O) groups excluding carboxylic acids is 3. The van der Waals surface area contributed by atoms with Crippen LogP contribution in [0.5, 0.6) is 5.75 Å². The molecule has 8 nitrogen and oxygen atoms in total. The second-order valence-electron chi connectivity index (χ2n) is 7.33. The molecule has 1 aliphatic rings. The lowest BCUT2D eigenvalue weighted by molar-refractivity contribution is -0.137. The van der Waals surface area contributed by atoms with Crippen molar-refractivity contribution in [2.45, 2.75) is 31.9 Å². The van der Waals surface area contributed by atoms with Gasteiger partial charge in [-0.25, -0.2) is 5.43 Å². The molecule has 0 spiro atoms. The van der Waals surface area contributed by atoms with Crippen LogP contribution in [0.3, 0.4) is 0 Å². The van der Waals surface area contributed by atoms with Crippen LogP contribution in [0.4, 0.5) is 24.5 Å². The fourth-order valence-corrected chi connectivity index (χ4v) is 3.47. The van der Waals surface area contributed by atoms with Crippen LogP contribution < -0.4 is 20.8 Å². The van der Waals surface area contributed by atoms with E-state index in [2.05, 4.69) is 10.5 Å². The van der Waals surface area contributed by atoms with Gasteiger partial charge in [-0.1, -0.05) is 12.1 Å². The lowest BCUT2D eigenvalue weighted by Crippen LogP contribution is -2.29. The van der Waals surface area contributed by atoms with Crippen molar-refractivity contribution in [1.29, 1.82) is 0 Å². The molecule has 3 amide bonds. The average Bonchev–Trinajstić information content (AvgIpc) is 3.06. The maximum Gasteiger partial charge on any atom is 0.416 e. The van der Waals surface area contributed by atoms with Crippen LogP contribution in [0, 0.1) is 0 Å². The first kappa shape index (κ1) is 23.8. The lowest BCUT2D eigenvalue weighted by Gasteiger charge is -2.19. The quantitative estimate of drug-likeness (QED) is 0.486. The third kappa shape index (κ3) is 5.13. The number of hydrazone groups is 1. The molecule has 3 rings (SSSR count). The summed E-state index contributed by atoms with van der Waals surface area (Å²) in [6.07, 6.45) is -4.96. The van der Waals surface area contributed by atoms with Crippen LogP contribution in [0.25, 0.3) is 0 Å². The SMILES string of the molecule is COc1cccc(N2C(=O)C(/C(C)=N\NC(=O)CCC(N)=O)c3ccc(C(F)(F)F)cc32)c1. The number of nitrogens with two attached hydrogens (primary N) is 1. The molecule has 0 aromatic heterocycles. The van der Waals surface area contributed by atoms with E-state index in [0.717, 1.165) is 12.1 Å². The Kier molecular flexibility index (Phi) is 6.70. The van der Waals surface area contributed by atoms with Crippen molar-refractivity contribution in [3.63, 3.8) is 0 Å². The number of fused-ring (bicyclic) bond motifs is 1. The second-order valence-corrected chi connectivity index (χ2v) is 7.33. The topological polar surface area (TPSA) is 114 Å². The largest absolute Gasteiger partial charge is 0.497 e. The smallest absolute Gasteiger partial charge is 0.416 e. The Morgan fingerprint density at radius 1 is 1.18 bits per heavy atom. The number of hydrogen-bond donors (Lipinski definition) is 2. The van der Waals surface area contributed by atoms with Crippen molar-refractivity contribution in [2.75, 3.05) is 12.0 Å². The van der Waals surface area contributed by atoms with Gasteiger partial charge in [-0.05, 0) is 36.8 Å². The summed E-state index contributed by atoms with van der Waals surface area (Å²) >= 11 is 0. The normalized spacial score (nSPS) is 15.9. The summed E-state index contributed by atoms with van der Waals surface area (Å²) in [5.41, 5.74) is 7.20. The number of nitrogens with one attached hydrogen (secondary N) is 1. The monoisotopic (exact) mass is 462 g/mol. The number of halogens is 3. The molecular weight excluding hydrogens is 441 g/mol. The summed E-state index contributed by atoms with van der Waals surface area (Å²) in [6, 6.07) is 9.39. The van der Waals surface area contributed by atoms with Crippen LogP contribution >= 0.6 is 0 Å². The fraction of sp³-hybridized carbons (Fsp3) is 0.273. The summed E-state index contributed by atoms with van der Waals surface area (Å²) in [7, 11) is 1.43. The third-order valence-electron chi connectivity index (χ3n) is 5.06. The Morgan fingerprint density at radius 3 is 2.55 bits per heavy atom. The molecule has 3 N–H and O–H groups in total. The predicted octanol–water partition coefficient (Wildman–Crippen LogP) is 3.23. The van der Waals surface area contributed by atoms with Crippen LogP contribution in [-0.2, 0) is 20.6 Å². The minimum atomic E-state index is -4.60. The van der Waals surface area contributed by atoms with Gasteiger partial charge in [0.15, 0.2) is 0 Å². The van der Waals surface area contributed by atoms with E-state index in [9.17, 15) is 27.6 Å². The molecule has 2 aromatic rings. The second kappa shape index (κ2) is 9.31. The zero-order valence-corrected chi connectivity index (χ0v) is 17.8. The predicted molar refractivity (Wildman–Crippen MR) is 114 cm³/mol. The zero-order valence-electron chi connectivity index (χ0n) is 17.8. The zero-order chi connectivity index (χ0) is 24.3. The van der Waals surface area contributed by atoms with Crippen molar-refractivity contribution < 1.29 is 32.3 Å². The van der Waals surface area contributed by atoms with Crippen molar-refractivity contribution in [2.24, 2.45) is 10.8 Å². The minimum Gasteiger partial charge on any atom is -0.497 e. The van der Waals surface area contributed by atoms with Gasteiger partial charge in [0.05, 0.1) is 29.8 Å². The Hall–Kier alpha value is -3.89. The molecule has 1 unspecified atom stereocenters. The van der Waals surface area contributed by atoms with Crippen molar-refractivity contribution in [3.8, 4) is 5.75 Å². The van der Waals surface area contributed by atoms with Crippen LogP contribution in [0.15, 0.2) is 47.6 Å². The van der Waals surface area contributed by atoms with Gasteiger partial charge in [-0.15, -0.1) is 0 Å². The van der Waals surface area contributed by atoms with Crippen molar-refractivity contribution >= 4 is 34.8 Å². The highest BCUT2D eigenvalue weighted by Crippen LogP contribution is 2.45. The molecule has 0 aliphatic carbocycles. The molecule has 0 saturated heterocycles. The number of anilines is 2. The minimum absolute atomic E-state index is 0.0580. The van der Waals surface area contributed by atoms with E-state index in [1.165, 1.54) is 31.1 Å². The highest BCUT2D eigenvalue weighted by Gasteiger charge is 2.42. The summed E-state index contributed by atoms with van der Waals surface area (Å²) in [5, 5.41) is 3.94. The molecule has 1 aliphatic heterocycles. The summed E-state index contributed by atoms with van der Waals surface area (Å²) in [4.78, 5) is 37.2. The number of carbonyl (C=O) groups is 3. The molecule has 0 saturated carbocycles. The number of hydrogen-bond acceptors (Lipinski definition) is 5. The standard InChI is InChI=1S/C22H21F3N4O4/c1-12(27-28-19(31)9-8-18(26)30)20-16-7-6-13(22(23,24)25)10-17(16)29(21(20)32)14-4-3-5-15(11-14)33-2/h3-7,10-11,20H,8-9H2,1-2H3,(H2,26,30)(H,28,31)/b27-12-. The Morgan fingerprint density at radius 2 is 1.91 bits per heavy atom. The van der Waals surface area contributed by atoms with Gasteiger partial charge in [0.25, 0.3) is 0 Å². The highest BCUT2D eigenvalue weighted by atomic mass is 19.4. The molecule has 0 bridgehead atoms. The lowest BCUT2D eigenvalue weighted by atomic mass is 9.95. The molecule has 33 heavy (non-hydrogen) atoms. The number of methoxy groups -OCH3 is 1.